The lowest BCUT2D eigenvalue weighted by molar-refractivity contribution is 1.10. The molecule has 1 heterocycles. The van der Waals surface area contributed by atoms with Crippen molar-refractivity contribution in [2.24, 2.45) is 0 Å². The molecule has 90 valence electrons. The number of benzene rings is 1. The number of hydrogen-bond acceptors (Lipinski definition) is 2. The van der Waals surface area contributed by atoms with Gasteiger partial charge in [-0.1, -0.05) is 36.4 Å². The van der Waals surface area contributed by atoms with E-state index in [0.717, 1.165) is 29.8 Å². The maximum Gasteiger partial charge on any atom is 0.159 e. The third-order valence-electron chi connectivity index (χ3n) is 2.68. The predicted molar refractivity (Wildman–Crippen MR) is 75.3 cm³/mol. The van der Waals surface area contributed by atoms with Crippen LogP contribution in [0.5, 0.6) is 0 Å². The zero-order chi connectivity index (χ0) is 12.8. The average Bonchev–Trinajstić information content (AvgIpc) is 2.41. The normalized spacial score (nSPS) is 10.0. The molecule has 0 aliphatic rings. The van der Waals surface area contributed by atoms with E-state index in [-0.39, 0.29) is 0 Å². The molecule has 2 rings (SSSR count). The highest BCUT2D eigenvalue weighted by molar-refractivity contribution is 5.55. The summed E-state index contributed by atoms with van der Waals surface area (Å²) in [4.78, 5) is 8.73. The van der Waals surface area contributed by atoms with Crippen LogP contribution in [0.2, 0.25) is 0 Å². The van der Waals surface area contributed by atoms with Crippen LogP contribution in [-0.2, 0) is 12.8 Å². The molecule has 2 aromatic rings. The summed E-state index contributed by atoms with van der Waals surface area (Å²) in [5.74, 6) is 0.757. The summed E-state index contributed by atoms with van der Waals surface area (Å²) in [6.07, 6.45) is 9.14. The summed E-state index contributed by atoms with van der Waals surface area (Å²) < 4.78 is 0. The predicted octanol–water partition coefficient (Wildman–Crippen LogP) is 3.60. The molecule has 0 amide bonds. The van der Waals surface area contributed by atoms with Gasteiger partial charge >= 0.3 is 0 Å². The van der Waals surface area contributed by atoms with Crippen LogP contribution in [0.25, 0.3) is 11.4 Å². The maximum absolute atomic E-state index is 4.36. The Labute approximate surface area is 108 Å². The average molecular weight is 236 g/mol. The van der Waals surface area contributed by atoms with Crippen LogP contribution in [0.3, 0.4) is 0 Å². The molecule has 0 fully saturated rings. The Hall–Kier alpha value is -2.22. The van der Waals surface area contributed by atoms with Gasteiger partial charge in [0.2, 0.25) is 0 Å². The van der Waals surface area contributed by atoms with Gasteiger partial charge in [0, 0.05) is 18.0 Å². The second kappa shape index (κ2) is 5.92. The summed E-state index contributed by atoms with van der Waals surface area (Å²) in [5, 5.41) is 0. The first-order valence-corrected chi connectivity index (χ1v) is 5.95. The molecule has 1 aromatic carbocycles. The molecule has 0 unspecified atom stereocenters. The molecule has 0 aliphatic carbocycles. The molecule has 0 bridgehead atoms. The van der Waals surface area contributed by atoms with Crippen LogP contribution in [0.15, 0.2) is 62.0 Å². The molecule has 0 saturated heterocycles. The lowest BCUT2D eigenvalue weighted by atomic mass is 10.1. The molecule has 18 heavy (non-hydrogen) atoms. The minimum atomic E-state index is 0.757. The second-order valence-corrected chi connectivity index (χ2v) is 4.10. The minimum absolute atomic E-state index is 0.757. The van der Waals surface area contributed by atoms with Gasteiger partial charge in [0.25, 0.3) is 0 Å². The van der Waals surface area contributed by atoms with Gasteiger partial charge in [-0.05, 0) is 24.0 Å². The van der Waals surface area contributed by atoms with Gasteiger partial charge in [-0.25, -0.2) is 9.97 Å². The van der Waals surface area contributed by atoms with Crippen molar-refractivity contribution in [1.29, 1.82) is 0 Å². The second-order valence-electron chi connectivity index (χ2n) is 4.10. The smallest absolute Gasteiger partial charge is 0.159 e. The zero-order valence-corrected chi connectivity index (χ0v) is 10.3. The third kappa shape index (κ3) is 2.92. The standard InChI is InChI=1S/C16H16N2/c1-3-5-13-7-9-15(10-8-13)16-17-11-14(6-4-2)12-18-16/h3-4,7-12H,1-2,5-6H2. The minimum Gasteiger partial charge on any atom is -0.236 e. The van der Waals surface area contributed by atoms with E-state index in [2.05, 4.69) is 35.3 Å². The van der Waals surface area contributed by atoms with Crippen LogP contribution in [0.1, 0.15) is 11.1 Å². The highest BCUT2D eigenvalue weighted by atomic mass is 14.9. The fraction of sp³-hybridized carbons (Fsp3) is 0.125. The first kappa shape index (κ1) is 12.2. The Balaban J connectivity index is 2.19. The highest BCUT2D eigenvalue weighted by Gasteiger charge is 2.01. The van der Waals surface area contributed by atoms with Crippen molar-refractivity contribution in [3.63, 3.8) is 0 Å². The topological polar surface area (TPSA) is 25.8 Å². The van der Waals surface area contributed by atoms with Crippen molar-refractivity contribution in [3.05, 3.63) is 73.1 Å². The maximum atomic E-state index is 4.36. The number of allylic oxidation sites excluding steroid dienone is 2. The monoisotopic (exact) mass is 236 g/mol. The van der Waals surface area contributed by atoms with E-state index < -0.39 is 0 Å². The molecule has 0 atom stereocenters. The SMILES string of the molecule is C=CCc1ccc(-c2ncc(CC=C)cn2)cc1. The molecule has 1 aromatic heterocycles. The molecule has 0 saturated carbocycles. The van der Waals surface area contributed by atoms with E-state index in [1.165, 1.54) is 5.56 Å². The molecule has 0 N–H and O–H groups in total. The zero-order valence-electron chi connectivity index (χ0n) is 10.3. The van der Waals surface area contributed by atoms with Crippen LogP contribution < -0.4 is 0 Å². The Morgan fingerprint density at radius 3 is 1.94 bits per heavy atom. The summed E-state index contributed by atoms with van der Waals surface area (Å²) in [6, 6.07) is 8.25. The van der Waals surface area contributed by atoms with Gasteiger partial charge in [-0.15, -0.1) is 13.2 Å². The number of hydrogen-bond donors (Lipinski definition) is 0. The summed E-state index contributed by atoms with van der Waals surface area (Å²) in [5.41, 5.74) is 3.36. The van der Waals surface area contributed by atoms with E-state index in [0.29, 0.717) is 0 Å². The van der Waals surface area contributed by atoms with Gasteiger partial charge in [-0.2, -0.15) is 0 Å². The molecule has 0 aliphatic heterocycles. The van der Waals surface area contributed by atoms with E-state index in [1.54, 1.807) is 0 Å². The Bertz CT molecular complexity index is 473. The van der Waals surface area contributed by atoms with Gasteiger partial charge in [0.1, 0.15) is 0 Å². The van der Waals surface area contributed by atoms with Crippen molar-refractivity contribution in [2.45, 2.75) is 12.8 Å². The molecule has 2 nitrogen and oxygen atoms in total. The van der Waals surface area contributed by atoms with Crippen molar-refractivity contribution in [1.82, 2.24) is 9.97 Å². The third-order valence-corrected chi connectivity index (χ3v) is 2.68. The Morgan fingerprint density at radius 2 is 1.39 bits per heavy atom. The summed E-state index contributed by atoms with van der Waals surface area (Å²) in [7, 11) is 0. The highest BCUT2D eigenvalue weighted by Crippen LogP contribution is 2.15. The van der Waals surface area contributed by atoms with Crippen molar-refractivity contribution >= 4 is 0 Å². The van der Waals surface area contributed by atoms with Crippen molar-refractivity contribution < 1.29 is 0 Å². The fourth-order valence-corrected chi connectivity index (χ4v) is 1.73. The van der Waals surface area contributed by atoms with Gasteiger partial charge in [0.05, 0.1) is 0 Å². The van der Waals surface area contributed by atoms with Gasteiger partial charge in [0.15, 0.2) is 5.82 Å². The largest absolute Gasteiger partial charge is 0.236 e. The molecule has 2 heteroatoms. The lowest BCUT2D eigenvalue weighted by Crippen LogP contribution is -1.92. The number of aromatic nitrogens is 2. The summed E-state index contributed by atoms with van der Waals surface area (Å²) in [6.45, 7) is 7.43. The van der Waals surface area contributed by atoms with Crippen LogP contribution in [-0.4, -0.2) is 9.97 Å². The summed E-state index contributed by atoms with van der Waals surface area (Å²) >= 11 is 0. The molecule has 0 spiro atoms. The van der Waals surface area contributed by atoms with Gasteiger partial charge in [-0.3, -0.25) is 0 Å². The lowest BCUT2D eigenvalue weighted by Gasteiger charge is -2.02. The first-order chi connectivity index (χ1) is 8.83. The Morgan fingerprint density at radius 1 is 0.833 bits per heavy atom. The van der Waals surface area contributed by atoms with E-state index >= 15 is 0 Å². The van der Waals surface area contributed by atoms with Crippen LogP contribution >= 0.6 is 0 Å². The quantitative estimate of drug-likeness (QED) is 0.741. The van der Waals surface area contributed by atoms with Gasteiger partial charge < -0.3 is 0 Å². The number of nitrogens with zero attached hydrogens (tertiary/aromatic N) is 2. The van der Waals surface area contributed by atoms with E-state index in [9.17, 15) is 0 Å². The van der Waals surface area contributed by atoms with E-state index in [4.69, 9.17) is 0 Å². The molecule has 0 radical (unpaired) electrons. The van der Waals surface area contributed by atoms with Crippen molar-refractivity contribution in [2.75, 3.05) is 0 Å². The molecular weight excluding hydrogens is 220 g/mol. The van der Waals surface area contributed by atoms with Crippen molar-refractivity contribution in [3.8, 4) is 11.4 Å². The van der Waals surface area contributed by atoms with Crippen LogP contribution in [0, 0.1) is 0 Å². The fourth-order valence-electron chi connectivity index (χ4n) is 1.73. The molecular formula is C16H16N2. The Kier molecular flexibility index (Phi) is 4.02. The van der Waals surface area contributed by atoms with Crippen LogP contribution in [0.4, 0.5) is 0 Å². The van der Waals surface area contributed by atoms with E-state index in [1.807, 2.05) is 36.7 Å². The number of rotatable bonds is 5. The first-order valence-electron chi connectivity index (χ1n) is 5.95.